The van der Waals surface area contributed by atoms with Crippen LogP contribution in [0.15, 0.2) is 91.0 Å². The largest absolute Gasteiger partial charge is 0.375 e. The van der Waals surface area contributed by atoms with E-state index in [9.17, 15) is 0 Å². The summed E-state index contributed by atoms with van der Waals surface area (Å²) in [5.74, 6) is 0. The first-order valence-electron chi connectivity index (χ1n) is 12.4. The van der Waals surface area contributed by atoms with Crippen LogP contribution in [0.2, 0.25) is 0 Å². The van der Waals surface area contributed by atoms with Crippen LogP contribution >= 0.6 is 0 Å². The van der Waals surface area contributed by atoms with Crippen LogP contribution in [0.3, 0.4) is 0 Å². The summed E-state index contributed by atoms with van der Waals surface area (Å²) in [5.41, 5.74) is 14.8. The van der Waals surface area contributed by atoms with Gasteiger partial charge in [0.2, 0.25) is 0 Å². The Hall–Kier alpha value is -4.24. The van der Waals surface area contributed by atoms with Crippen molar-refractivity contribution in [1.29, 1.82) is 0 Å². The summed E-state index contributed by atoms with van der Waals surface area (Å²) in [5, 5.41) is 5.39. The quantitative estimate of drug-likeness (QED) is 0.238. The predicted octanol–water partition coefficient (Wildman–Crippen LogP) is 6.46. The number of benzene rings is 5. The van der Waals surface area contributed by atoms with Gasteiger partial charge in [-0.2, -0.15) is 0 Å². The molecular weight excluding hydrogens is 423 g/mol. The molecule has 0 fully saturated rings. The topological polar surface area (TPSA) is 9.86 Å². The van der Waals surface area contributed by atoms with Crippen LogP contribution in [-0.4, -0.2) is 15.9 Å². The number of aryl methyl sites for hydroxylation is 2. The first-order chi connectivity index (χ1) is 17.2. The minimum absolute atomic E-state index is 0.152. The van der Waals surface area contributed by atoms with Crippen LogP contribution in [0.1, 0.15) is 11.1 Å². The summed E-state index contributed by atoms with van der Waals surface area (Å²) < 4.78 is 5.16. The molecular formula is C32H21BN2. The van der Waals surface area contributed by atoms with E-state index in [-0.39, 0.29) is 6.85 Å². The zero-order valence-electron chi connectivity index (χ0n) is 19.6. The van der Waals surface area contributed by atoms with Gasteiger partial charge in [-0.15, -0.1) is 0 Å². The summed E-state index contributed by atoms with van der Waals surface area (Å²) in [4.78, 5) is 0. The Balaban J connectivity index is 1.59. The average molecular weight is 444 g/mol. The normalized spacial score (nSPS) is 13.4. The molecule has 162 valence electrons. The first kappa shape index (κ1) is 18.1. The maximum Gasteiger partial charge on any atom is 0.333 e. The lowest BCUT2D eigenvalue weighted by Gasteiger charge is -2.34. The van der Waals surface area contributed by atoms with Crippen LogP contribution in [0.25, 0.3) is 60.4 Å². The SMILES string of the molecule is Cc1ccc2c(c1)c1cc(C)cc3c1n2B1c2c-3cccc2-n2c3ccccc3c3cccc1c32. The molecule has 0 unspecified atom stereocenters. The fourth-order valence-electron chi connectivity index (χ4n) is 7.12. The highest BCUT2D eigenvalue weighted by Crippen LogP contribution is 2.43. The third kappa shape index (κ3) is 1.98. The van der Waals surface area contributed by atoms with Crippen molar-refractivity contribution in [2.45, 2.75) is 13.8 Å². The van der Waals surface area contributed by atoms with Gasteiger partial charge in [-0.3, -0.25) is 0 Å². The summed E-state index contributed by atoms with van der Waals surface area (Å²) in [6, 6.07) is 34.4. The van der Waals surface area contributed by atoms with Crippen molar-refractivity contribution in [2.24, 2.45) is 0 Å². The van der Waals surface area contributed by atoms with Gasteiger partial charge in [0.05, 0.1) is 11.0 Å². The van der Waals surface area contributed by atoms with E-state index in [1.807, 2.05) is 0 Å². The van der Waals surface area contributed by atoms with Crippen LogP contribution in [-0.2, 0) is 0 Å². The number of aromatic nitrogens is 2. The maximum absolute atomic E-state index is 2.64. The number of hydrogen-bond donors (Lipinski definition) is 0. The fourth-order valence-corrected chi connectivity index (χ4v) is 7.12. The van der Waals surface area contributed by atoms with Gasteiger partial charge < -0.3 is 9.05 Å². The highest BCUT2D eigenvalue weighted by Gasteiger charge is 2.40. The smallest absolute Gasteiger partial charge is 0.333 e. The van der Waals surface area contributed by atoms with E-state index in [1.54, 1.807) is 0 Å². The molecule has 3 heteroatoms. The molecule has 2 aromatic heterocycles. The maximum atomic E-state index is 2.64. The number of rotatable bonds is 0. The van der Waals surface area contributed by atoms with Crippen LogP contribution in [0, 0.1) is 13.8 Å². The Morgan fingerprint density at radius 1 is 0.571 bits per heavy atom. The zero-order valence-corrected chi connectivity index (χ0v) is 19.6. The first-order valence-corrected chi connectivity index (χ1v) is 12.4. The van der Waals surface area contributed by atoms with E-state index in [0.29, 0.717) is 0 Å². The summed E-state index contributed by atoms with van der Waals surface area (Å²) >= 11 is 0. The van der Waals surface area contributed by atoms with E-state index in [4.69, 9.17) is 0 Å². The van der Waals surface area contributed by atoms with E-state index >= 15 is 0 Å². The molecule has 2 aliphatic heterocycles. The lowest BCUT2D eigenvalue weighted by Crippen LogP contribution is -2.55. The van der Waals surface area contributed by atoms with E-state index < -0.39 is 0 Å². The van der Waals surface area contributed by atoms with Gasteiger partial charge in [0.15, 0.2) is 0 Å². The summed E-state index contributed by atoms with van der Waals surface area (Å²) in [6.07, 6.45) is 0. The number of hydrogen-bond acceptors (Lipinski definition) is 0. The molecule has 9 rings (SSSR count). The fraction of sp³-hybridized carbons (Fsp3) is 0.0625. The van der Waals surface area contributed by atoms with Crippen LogP contribution in [0.4, 0.5) is 0 Å². The molecule has 0 N–H and O–H groups in total. The molecule has 0 saturated carbocycles. The Morgan fingerprint density at radius 2 is 1.40 bits per heavy atom. The van der Waals surface area contributed by atoms with Gasteiger partial charge in [0.1, 0.15) is 0 Å². The Morgan fingerprint density at radius 3 is 2.34 bits per heavy atom. The van der Waals surface area contributed by atoms with Gasteiger partial charge in [-0.25, -0.2) is 0 Å². The van der Waals surface area contributed by atoms with Gasteiger partial charge >= 0.3 is 6.85 Å². The molecule has 4 heterocycles. The van der Waals surface area contributed by atoms with Crippen molar-refractivity contribution in [2.75, 3.05) is 0 Å². The molecule has 2 aliphatic rings. The van der Waals surface area contributed by atoms with Crippen molar-refractivity contribution >= 4 is 61.4 Å². The summed E-state index contributed by atoms with van der Waals surface area (Å²) in [6.45, 7) is 4.58. The molecule has 2 nitrogen and oxygen atoms in total. The molecule has 0 saturated heterocycles. The minimum atomic E-state index is 0.152. The van der Waals surface area contributed by atoms with Crippen LogP contribution < -0.4 is 10.9 Å². The van der Waals surface area contributed by atoms with Gasteiger partial charge in [0, 0.05) is 43.8 Å². The third-order valence-electron chi connectivity index (χ3n) is 8.36. The highest BCUT2D eigenvalue weighted by atomic mass is 15.0. The molecule has 35 heavy (non-hydrogen) atoms. The van der Waals surface area contributed by atoms with Crippen molar-refractivity contribution in [3.05, 3.63) is 102 Å². The summed E-state index contributed by atoms with van der Waals surface area (Å²) in [7, 11) is 0. The van der Waals surface area contributed by atoms with E-state index in [1.165, 1.54) is 82.5 Å². The Bertz CT molecular complexity index is 2090. The van der Waals surface area contributed by atoms with Crippen molar-refractivity contribution < 1.29 is 0 Å². The predicted molar refractivity (Wildman–Crippen MR) is 149 cm³/mol. The molecule has 5 aromatic carbocycles. The number of nitrogens with zero attached hydrogens (tertiary/aromatic N) is 2. The number of fused-ring (bicyclic) bond motifs is 10. The van der Waals surface area contributed by atoms with Gasteiger partial charge in [-0.1, -0.05) is 60.2 Å². The van der Waals surface area contributed by atoms with Gasteiger partial charge in [-0.05, 0) is 72.3 Å². The lowest BCUT2D eigenvalue weighted by atomic mass is 9.45. The Kier molecular flexibility index (Phi) is 3.04. The van der Waals surface area contributed by atoms with Gasteiger partial charge in [0.25, 0.3) is 0 Å². The molecule has 0 bridgehead atoms. The minimum Gasteiger partial charge on any atom is -0.375 e. The number of para-hydroxylation sites is 2. The molecule has 0 aliphatic carbocycles. The van der Waals surface area contributed by atoms with Crippen molar-refractivity contribution in [1.82, 2.24) is 9.05 Å². The molecule has 0 radical (unpaired) electrons. The highest BCUT2D eigenvalue weighted by molar-refractivity contribution is 6.90. The van der Waals surface area contributed by atoms with Crippen molar-refractivity contribution in [3.8, 4) is 16.8 Å². The third-order valence-corrected chi connectivity index (χ3v) is 8.36. The second-order valence-electron chi connectivity index (χ2n) is 10.3. The van der Waals surface area contributed by atoms with E-state index in [0.717, 1.165) is 0 Å². The molecule has 0 atom stereocenters. The van der Waals surface area contributed by atoms with Crippen molar-refractivity contribution in [3.63, 3.8) is 0 Å². The van der Waals surface area contributed by atoms with Crippen LogP contribution in [0.5, 0.6) is 0 Å². The standard InChI is InChI=1S/C32H21BN2/c1-18-13-14-28-23(15-18)25-17-19(2)16-24-21-8-6-12-29-30(21)33(35(28)31(24)25)26-10-5-9-22-20-7-3-4-11-27(20)34(29)32(22)26/h3-17H,1-2H3. The zero-order chi connectivity index (χ0) is 23.0. The average Bonchev–Trinajstić information content (AvgIpc) is 3.38. The second kappa shape index (κ2) is 5.87. The van der Waals surface area contributed by atoms with E-state index in [2.05, 4.69) is 114 Å². The molecule has 0 amide bonds. The molecule has 0 spiro atoms. The second-order valence-corrected chi connectivity index (χ2v) is 10.3. The Labute approximate surface area is 203 Å². The lowest BCUT2D eigenvalue weighted by molar-refractivity contribution is 1.17. The molecule has 7 aromatic rings. The monoisotopic (exact) mass is 444 g/mol.